The van der Waals surface area contributed by atoms with Crippen molar-refractivity contribution in [2.45, 2.75) is 0 Å². The first kappa shape index (κ1) is 20.9. The van der Waals surface area contributed by atoms with Gasteiger partial charge in [0.25, 0.3) is 0 Å². The quantitative estimate of drug-likeness (QED) is 0.234. The second-order valence-electron chi connectivity index (χ2n) is 9.39. The van der Waals surface area contributed by atoms with Gasteiger partial charge in [0.15, 0.2) is 11.6 Å². The van der Waals surface area contributed by atoms with E-state index in [1.165, 1.54) is 32.3 Å². The van der Waals surface area contributed by atoms with Gasteiger partial charge in [-0.05, 0) is 50.5 Å². The van der Waals surface area contributed by atoms with E-state index >= 15 is 0 Å². The monoisotopic (exact) mass is 485 g/mol. The zero-order valence-corrected chi connectivity index (χ0v) is 20.2. The molecule has 0 saturated heterocycles. The van der Waals surface area contributed by atoms with E-state index in [1.807, 2.05) is 24.3 Å². The van der Waals surface area contributed by atoms with Crippen molar-refractivity contribution in [3.8, 4) is 22.9 Å². The number of fused-ring (bicyclic) bond motifs is 9. The van der Waals surface area contributed by atoms with Crippen LogP contribution >= 0.6 is 0 Å². The average molecular weight is 486 g/mol. The Bertz CT molecular complexity index is 2170. The fourth-order valence-corrected chi connectivity index (χ4v) is 5.45. The van der Waals surface area contributed by atoms with Gasteiger partial charge in [0.1, 0.15) is 12.0 Å². The van der Waals surface area contributed by atoms with Crippen LogP contribution in [0.2, 0.25) is 0 Å². The third-order valence-corrected chi connectivity index (χ3v) is 7.24. The van der Waals surface area contributed by atoms with E-state index in [1.54, 1.807) is 12.5 Å². The van der Waals surface area contributed by atoms with E-state index in [4.69, 9.17) is 9.97 Å². The van der Waals surface area contributed by atoms with Gasteiger partial charge in [0.05, 0.1) is 11.0 Å². The smallest absolute Gasteiger partial charge is 0.181 e. The highest BCUT2D eigenvalue weighted by atomic mass is 15.0. The van der Waals surface area contributed by atoms with Crippen LogP contribution in [0.25, 0.3) is 77.0 Å². The predicted octanol–water partition coefficient (Wildman–Crippen LogP) is 7.76. The summed E-state index contributed by atoms with van der Waals surface area (Å²) in [5.74, 6) is 1.15. The summed E-state index contributed by atoms with van der Waals surface area (Å²) in [7, 11) is 0. The first-order chi connectivity index (χ1) is 18.8. The Morgan fingerprint density at radius 1 is 0.421 bits per heavy atom. The minimum absolute atomic E-state index is 0.535. The molecule has 0 saturated carbocycles. The van der Waals surface area contributed by atoms with Crippen molar-refractivity contribution >= 4 is 54.1 Å². The summed E-state index contributed by atoms with van der Waals surface area (Å²) in [5, 5.41) is 9.44. The molecule has 3 heterocycles. The summed E-state index contributed by atoms with van der Waals surface area (Å²) < 4.78 is 0. The number of rotatable bonds is 2. The molecule has 8 aromatic rings. The lowest BCUT2D eigenvalue weighted by atomic mass is 9.93. The summed E-state index contributed by atoms with van der Waals surface area (Å²) in [6.07, 6.45) is 3.36. The fourth-order valence-electron chi connectivity index (χ4n) is 5.45. The van der Waals surface area contributed by atoms with Crippen LogP contribution in [0.5, 0.6) is 0 Å². The lowest BCUT2D eigenvalue weighted by Crippen LogP contribution is -1.97. The number of pyridine rings is 2. The van der Waals surface area contributed by atoms with E-state index in [2.05, 4.69) is 93.8 Å². The molecule has 176 valence electrons. The molecule has 0 aliphatic heterocycles. The van der Waals surface area contributed by atoms with Gasteiger partial charge in [-0.25, -0.2) is 19.9 Å². The molecule has 0 aliphatic rings. The molecule has 0 amide bonds. The standard InChI is InChI=1S/C33H19N5/c1-2-9-25-23(7-1)24-8-3-4-10-26(24)28-18-22(13-15-27(25)28)32-35-19-36-33(38-32)29-16-14-21-12-11-20-6-5-17-34-30(20)31(21)37-29/h1-19H. The van der Waals surface area contributed by atoms with Crippen LogP contribution in [0.3, 0.4) is 0 Å². The number of benzene rings is 5. The highest BCUT2D eigenvalue weighted by Crippen LogP contribution is 2.36. The topological polar surface area (TPSA) is 64.5 Å². The molecule has 38 heavy (non-hydrogen) atoms. The summed E-state index contributed by atoms with van der Waals surface area (Å²) in [5.41, 5.74) is 3.34. The van der Waals surface area contributed by atoms with Crippen molar-refractivity contribution in [3.63, 3.8) is 0 Å². The third kappa shape index (κ3) is 3.15. The van der Waals surface area contributed by atoms with Gasteiger partial charge in [0.2, 0.25) is 0 Å². The van der Waals surface area contributed by atoms with Gasteiger partial charge < -0.3 is 0 Å². The van der Waals surface area contributed by atoms with Crippen LogP contribution in [0.15, 0.2) is 116 Å². The lowest BCUT2D eigenvalue weighted by molar-refractivity contribution is 1.05. The van der Waals surface area contributed by atoms with Crippen molar-refractivity contribution in [2.24, 2.45) is 0 Å². The molecule has 0 unspecified atom stereocenters. The summed E-state index contributed by atoms with van der Waals surface area (Å²) in [6.45, 7) is 0. The Hall–Kier alpha value is -5.29. The maximum absolute atomic E-state index is 4.92. The third-order valence-electron chi connectivity index (χ3n) is 7.24. The Labute approximate surface area is 217 Å². The molecule has 0 atom stereocenters. The molecule has 5 nitrogen and oxygen atoms in total. The van der Waals surface area contributed by atoms with Gasteiger partial charge in [-0.2, -0.15) is 0 Å². The molecule has 0 bridgehead atoms. The number of aromatic nitrogens is 5. The summed E-state index contributed by atoms with van der Waals surface area (Å²) in [6, 6.07) is 35.7. The molecular weight excluding hydrogens is 466 g/mol. The Morgan fingerprint density at radius 2 is 1.05 bits per heavy atom. The largest absolute Gasteiger partial charge is 0.254 e. The van der Waals surface area contributed by atoms with Gasteiger partial charge in [-0.3, -0.25) is 4.98 Å². The van der Waals surface area contributed by atoms with Crippen molar-refractivity contribution < 1.29 is 0 Å². The molecule has 5 heteroatoms. The van der Waals surface area contributed by atoms with E-state index in [9.17, 15) is 0 Å². The van der Waals surface area contributed by atoms with Crippen molar-refractivity contribution in [1.82, 2.24) is 24.9 Å². The summed E-state index contributed by atoms with van der Waals surface area (Å²) in [4.78, 5) is 23.3. The minimum Gasteiger partial charge on any atom is -0.254 e. The van der Waals surface area contributed by atoms with Crippen molar-refractivity contribution in [3.05, 3.63) is 116 Å². The van der Waals surface area contributed by atoms with Crippen LogP contribution in [0.4, 0.5) is 0 Å². The van der Waals surface area contributed by atoms with Gasteiger partial charge in [-0.15, -0.1) is 0 Å². The normalized spacial score (nSPS) is 11.7. The van der Waals surface area contributed by atoms with Gasteiger partial charge >= 0.3 is 0 Å². The average Bonchev–Trinajstić information content (AvgIpc) is 3.01. The maximum atomic E-state index is 4.92. The Morgan fingerprint density at radius 3 is 1.82 bits per heavy atom. The highest BCUT2D eigenvalue weighted by Gasteiger charge is 2.13. The maximum Gasteiger partial charge on any atom is 0.181 e. The van der Waals surface area contributed by atoms with Crippen LogP contribution in [0.1, 0.15) is 0 Å². The number of hydrogen-bond acceptors (Lipinski definition) is 5. The van der Waals surface area contributed by atoms with Gasteiger partial charge in [0, 0.05) is 22.5 Å². The predicted molar refractivity (Wildman–Crippen MR) is 154 cm³/mol. The second kappa shape index (κ2) is 8.11. The van der Waals surface area contributed by atoms with E-state index in [0.717, 1.165) is 27.4 Å². The zero-order chi connectivity index (χ0) is 25.1. The molecule has 0 N–H and O–H groups in total. The molecule has 0 fully saturated rings. The van der Waals surface area contributed by atoms with Crippen LogP contribution in [-0.4, -0.2) is 24.9 Å². The molecule has 0 spiro atoms. The van der Waals surface area contributed by atoms with Gasteiger partial charge in [-0.1, -0.05) is 84.9 Å². The molecule has 5 aromatic carbocycles. The molecule has 0 radical (unpaired) electrons. The minimum atomic E-state index is 0.535. The Kier molecular flexibility index (Phi) is 4.45. The zero-order valence-electron chi connectivity index (χ0n) is 20.2. The lowest BCUT2D eigenvalue weighted by Gasteiger charge is -2.11. The molecule has 0 aliphatic carbocycles. The molecule has 3 aromatic heterocycles. The number of hydrogen-bond donors (Lipinski definition) is 0. The number of nitrogens with zero attached hydrogens (tertiary/aromatic N) is 5. The van der Waals surface area contributed by atoms with E-state index < -0.39 is 0 Å². The SMILES string of the molecule is c1cnc2c(c1)ccc1ccc(-c3ncnc(-c4ccc5c6ccccc6c6ccccc6c5c4)n3)nc12. The first-order valence-corrected chi connectivity index (χ1v) is 12.5. The van der Waals surface area contributed by atoms with Crippen molar-refractivity contribution in [2.75, 3.05) is 0 Å². The summed E-state index contributed by atoms with van der Waals surface area (Å²) >= 11 is 0. The van der Waals surface area contributed by atoms with E-state index in [0.29, 0.717) is 17.3 Å². The first-order valence-electron chi connectivity index (χ1n) is 12.5. The van der Waals surface area contributed by atoms with Crippen LogP contribution in [-0.2, 0) is 0 Å². The van der Waals surface area contributed by atoms with E-state index in [-0.39, 0.29) is 0 Å². The van der Waals surface area contributed by atoms with Crippen LogP contribution in [0, 0.1) is 0 Å². The molecular formula is C33H19N5. The van der Waals surface area contributed by atoms with Crippen molar-refractivity contribution in [1.29, 1.82) is 0 Å². The fraction of sp³-hybridized carbons (Fsp3) is 0. The Balaban J connectivity index is 1.31. The second-order valence-corrected chi connectivity index (χ2v) is 9.39. The highest BCUT2D eigenvalue weighted by molar-refractivity contribution is 6.25. The van der Waals surface area contributed by atoms with Crippen LogP contribution < -0.4 is 0 Å². The molecule has 8 rings (SSSR count).